The molecule has 3 aromatic heterocycles. The van der Waals surface area contributed by atoms with Gasteiger partial charge in [-0.3, -0.25) is 20.0 Å². The number of nitrogens with zero attached hydrogens (tertiary/aromatic N) is 7. The zero-order chi connectivity index (χ0) is 28.1. The van der Waals surface area contributed by atoms with Gasteiger partial charge in [0, 0.05) is 51.5 Å². The van der Waals surface area contributed by atoms with Crippen molar-refractivity contribution in [1.29, 1.82) is 0 Å². The van der Waals surface area contributed by atoms with Gasteiger partial charge in [0.05, 0.1) is 16.9 Å². The SMILES string of the molecule is Cc1cccc(Cl)c1NC(=O)c1cnc(Nc2nc(CC(C)C)nc(N3CCN(Cc4ccncc4)CC3)n2)s1. The molecule has 1 aliphatic heterocycles. The molecule has 10 nitrogen and oxygen atoms in total. The first-order valence-corrected chi connectivity index (χ1v) is 14.4. The van der Waals surface area contributed by atoms with E-state index in [1.807, 2.05) is 31.5 Å². The van der Waals surface area contributed by atoms with Gasteiger partial charge in [0.15, 0.2) is 5.13 Å². The van der Waals surface area contributed by atoms with Crippen molar-refractivity contribution in [2.24, 2.45) is 5.92 Å². The molecule has 12 heteroatoms. The highest BCUT2D eigenvalue weighted by molar-refractivity contribution is 7.17. The molecule has 0 unspecified atom stereocenters. The summed E-state index contributed by atoms with van der Waals surface area (Å²) in [5, 5.41) is 7.10. The van der Waals surface area contributed by atoms with Crippen LogP contribution in [0.4, 0.5) is 22.7 Å². The fraction of sp³-hybridized carbons (Fsp3) is 0.357. The second-order valence-electron chi connectivity index (χ2n) is 10.1. The summed E-state index contributed by atoms with van der Waals surface area (Å²) in [6, 6.07) is 9.61. The molecule has 0 atom stereocenters. The Balaban J connectivity index is 1.27. The van der Waals surface area contributed by atoms with Crippen molar-refractivity contribution in [3.63, 3.8) is 0 Å². The van der Waals surface area contributed by atoms with Crippen molar-refractivity contribution < 1.29 is 4.79 Å². The van der Waals surface area contributed by atoms with E-state index in [-0.39, 0.29) is 5.91 Å². The first kappa shape index (κ1) is 27.9. The Kier molecular flexibility index (Phi) is 8.83. The van der Waals surface area contributed by atoms with E-state index < -0.39 is 0 Å². The molecule has 1 saturated heterocycles. The third kappa shape index (κ3) is 7.09. The third-order valence-corrected chi connectivity index (χ3v) is 7.71. The minimum Gasteiger partial charge on any atom is -0.338 e. The van der Waals surface area contributed by atoms with Crippen molar-refractivity contribution in [3.05, 3.63) is 75.8 Å². The molecule has 0 spiro atoms. The Morgan fingerprint density at radius 1 is 1.07 bits per heavy atom. The third-order valence-electron chi connectivity index (χ3n) is 6.48. The van der Waals surface area contributed by atoms with Crippen LogP contribution in [0.2, 0.25) is 5.02 Å². The van der Waals surface area contributed by atoms with Crippen LogP contribution in [0.3, 0.4) is 0 Å². The average Bonchev–Trinajstić information content (AvgIpc) is 3.40. The van der Waals surface area contributed by atoms with Gasteiger partial charge in [-0.25, -0.2) is 4.98 Å². The topological polar surface area (TPSA) is 112 Å². The zero-order valence-electron chi connectivity index (χ0n) is 22.8. The lowest BCUT2D eigenvalue weighted by atomic mass is 10.1. The van der Waals surface area contributed by atoms with Crippen molar-refractivity contribution in [1.82, 2.24) is 29.8 Å². The molecule has 1 amide bonds. The van der Waals surface area contributed by atoms with Crippen LogP contribution in [0.5, 0.6) is 0 Å². The average molecular weight is 578 g/mol. The van der Waals surface area contributed by atoms with Gasteiger partial charge in [-0.05, 0) is 42.2 Å². The smallest absolute Gasteiger partial charge is 0.267 e. The van der Waals surface area contributed by atoms with Gasteiger partial charge in [0.2, 0.25) is 11.9 Å². The van der Waals surface area contributed by atoms with Crippen LogP contribution in [-0.4, -0.2) is 61.9 Å². The van der Waals surface area contributed by atoms with E-state index in [9.17, 15) is 4.79 Å². The molecule has 40 heavy (non-hydrogen) atoms. The number of halogens is 1. The number of rotatable bonds is 9. The number of benzene rings is 1. The number of hydrogen-bond acceptors (Lipinski definition) is 10. The van der Waals surface area contributed by atoms with Crippen LogP contribution in [0, 0.1) is 12.8 Å². The second-order valence-corrected chi connectivity index (χ2v) is 11.6. The largest absolute Gasteiger partial charge is 0.338 e. The molecule has 1 fully saturated rings. The maximum Gasteiger partial charge on any atom is 0.267 e. The maximum atomic E-state index is 12.9. The molecule has 1 aromatic carbocycles. The summed E-state index contributed by atoms with van der Waals surface area (Å²) in [7, 11) is 0. The Hall–Kier alpha value is -3.67. The number of hydrogen-bond donors (Lipinski definition) is 2. The van der Waals surface area contributed by atoms with Crippen molar-refractivity contribution >= 4 is 51.6 Å². The molecule has 1 aliphatic rings. The number of amides is 1. The van der Waals surface area contributed by atoms with E-state index >= 15 is 0 Å². The number of anilines is 4. The van der Waals surface area contributed by atoms with E-state index in [1.54, 1.807) is 6.07 Å². The standard InChI is InChI=1S/C28H32ClN9OS/c1-18(2)15-23-32-26(35-27(33-23)38-13-11-37(12-14-38)17-20-7-9-30-10-8-20)36-28-31-16-22(40-28)25(39)34-24-19(3)5-4-6-21(24)29/h4-10,16,18H,11-15,17H2,1-3H3,(H,34,39)(H,31,32,33,35,36). The van der Waals surface area contributed by atoms with Gasteiger partial charge in [-0.15, -0.1) is 0 Å². The van der Waals surface area contributed by atoms with Crippen LogP contribution in [0.25, 0.3) is 0 Å². The lowest BCUT2D eigenvalue weighted by Crippen LogP contribution is -2.46. The number of carbonyl (C=O) groups excluding carboxylic acids is 1. The molecule has 0 radical (unpaired) electrons. The summed E-state index contributed by atoms with van der Waals surface area (Å²) in [6.07, 6.45) is 5.93. The molecular weight excluding hydrogens is 546 g/mol. The number of carbonyl (C=O) groups is 1. The number of nitrogens with one attached hydrogen (secondary N) is 2. The summed E-state index contributed by atoms with van der Waals surface area (Å²) in [5.41, 5.74) is 2.74. The van der Waals surface area contributed by atoms with Gasteiger partial charge in [-0.1, -0.05) is 48.9 Å². The van der Waals surface area contributed by atoms with Gasteiger partial charge in [-0.2, -0.15) is 15.0 Å². The van der Waals surface area contributed by atoms with E-state index in [1.165, 1.54) is 23.1 Å². The lowest BCUT2D eigenvalue weighted by molar-refractivity contribution is 0.103. The normalized spacial score (nSPS) is 14.0. The van der Waals surface area contributed by atoms with E-state index in [0.29, 0.717) is 38.5 Å². The molecular formula is C28H32ClN9OS. The quantitative estimate of drug-likeness (QED) is 0.277. The first-order valence-electron chi connectivity index (χ1n) is 13.2. The Morgan fingerprint density at radius 3 is 2.58 bits per heavy atom. The Morgan fingerprint density at radius 2 is 1.85 bits per heavy atom. The zero-order valence-corrected chi connectivity index (χ0v) is 24.3. The number of thiazole rings is 1. The molecule has 208 valence electrons. The van der Waals surface area contributed by atoms with Crippen LogP contribution in [0.15, 0.2) is 48.9 Å². The number of para-hydroxylation sites is 1. The summed E-state index contributed by atoms with van der Waals surface area (Å²) in [4.78, 5) is 40.6. The van der Waals surface area contributed by atoms with Crippen molar-refractivity contribution in [2.75, 3.05) is 41.7 Å². The highest BCUT2D eigenvalue weighted by Crippen LogP contribution is 2.28. The Bertz CT molecular complexity index is 1440. The number of piperazine rings is 1. The molecule has 5 rings (SSSR count). The van der Waals surface area contributed by atoms with E-state index in [0.717, 1.165) is 50.5 Å². The monoisotopic (exact) mass is 577 g/mol. The fourth-order valence-corrected chi connectivity index (χ4v) is 5.39. The Labute approximate surface area is 242 Å². The summed E-state index contributed by atoms with van der Waals surface area (Å²) < 4.78 is 0. The first-order chi connectivity index (χ1) is 19.3. The van der Waals surface area contributed by atoms with Gasteiger partial charge in [0.25, 0.3) is 5.91 Å². The van der Waals surface area contributed by atoms with Gasteiger partial charge < -0.3 is 10.2 Å². The van der Waals surface area contributed by atoms with E-state index in [4.69, 9.17) is 21.6 Å². The maximum absolute atomic E-state index is 12.9. The molecule has 2 N–H and O–H groups in total. The van der Waals surface area contributed by atoms with Crippen LogP contribution in [0.1, 0.15) is 40.5 Å². The second kappa shape index (κ2) is 12.7. The van der Waals surface area contributed by atoms with Gasteiger partial charge in [0.1, 0.15) is 10.7 Å². The number of pyridine rings is 1. The van der Waals surface area contributed by atoms with Crippen molar-refractivity contribution in [3.8, 4) is 0 Å². The number of aromatic nitrogens is 5. The van der Waals surface area contributed by atoms with Gasteiger partial charge >= 0.3 is 0 Å². The predicted molar refractivity (Wildman–Crippen MR) is 160 cm³/mol. The number of aryl methyl sites for hydroxylation is 1. The minimum atomic E-state index is -0.275. The van der Waals surface area contributed by atoms with Crippen LogP contribution in [-0.2, 0) is 13.0 Å². The molecule has 4 heterocycles. The summed E-state index contributed by atoms with van der Waals surface area (Å²) >= 11 is 7.50. The van der Waals surface area contributed by atoms with E-state index in [2.05, 4.69) is 61.4 Å². The van der Waals surface area contributed by atoms with Crippen LogP contribution < -0.4 is 15.5 Å². The highest BCUT2D eigenvalue weighted by atomic mass is 35.5. The molecule has 0 saturated carbocycles. The molecule has 0 bridgehead atoms. The fourth-order valence-electron chi connectivity index (χ4n) is 4.41. The van der Waals surface area contributed by atoms with Crippen molar-refractivity contribution in [2.45, 2.75) is 33.7 Å². The summed E-state index contributed by atoms with van der Waals surface area (Å²) in [6.45, 7) is 10.5. The van der Waals surface area contributed by atoms with Crippen LogP contribution >= 0.6 is 22.9 Å². The predicted octanol–water partition coefficient (Wildman–Crippen LogP) is 5.20. The molecule has 4 aromatic rings. The lowest BCUT2D eigenvalue weighted by Gasteiger charge is -2.34. The summed E-state index contributed by atoms with van der Waals surface area (Å²) in [5.74, 6) is 1.92. The highest BCUT2D eigenvalue weighted by Gasteiger charge is 2.22. The minimum absolute atomic E-state index is 0.275. The molecule has 0 aliphatic carbocycles.